The molecule has 104 valence electrons. The number of aryl methyl sites for hydroxylation is 1. The van der Waals surface area contributed by atoms with Gasteiger partial charge in [-0.15, -0.1) is 0 Å². The van der Waals surface area contributed by atoms with Crippen molar-refractivity contribution in [2.24, 2.45) is 0 Å². The highest BCUT2D eigenvalue weighted by molar-refractivity contribution is 7.88. The largest absolute Gasteiger partial charge is 0.309 e. The Labute approximate surface area is 112 Å². The normalized spacial score (nSPS) is 20.4. The molecular weight excluding hydrogens is 266 g/mol. The zero-order valence-electron chi connectivity index (χ0n) is 11.0. The van der Waals surface area contributed by atoms with Crippen LogP contribution in [0.15, 0.2) is 18.2 Å². The van der Waals surface area contributed by atoms with Gasteiger partial charge in [0.2, 0.25) is 15.9 Å². The second-order valence-electron chi connectivity index (χ2n) is 4.69. The number of carbonyl (C=O) groups is 1. The Morgan fingerprint density at radius 2 is 2.21 bits per heavy atom. The van der Waals surface area contributed by atoms with Gasteiger partial charge in [-0.3, -0.25) is 4.79 Å². The molecule has 2 rings (SSSR count). The average Bonchev–Trinajstić information content (AvgIpc) is 2.77. The van der Waals surface area contributed by atoms with Gasteiger partial charge < -0.3 is 5.32 Å². The quantitative estimate of drug-likeness (QED) is 0.888. The van der Waals surface area contributed by atoms with E-state index in [0.29, 0.717) is 25.2 Å². The fourth-order valence-electron chi connectivity index (χ4n) is 2.22. The Bertz CT molecular complexity index is 586. The lowest BCUT2D eigenvalue weighted by Crippen LogP contribution is -2.42. The summed E-state index contributed by atoms with van der Waals surface area (Å²) >= 11 is 0. The predicted octanol–water partition coefficient (Wildman–Crippen LogP) is 0.753. The molecule has 1 aromatic rings. The van der Waals surface area contributed by atoms with Gasteiger partial charge in [-0.1, -0.05) is 6.07 Å². The van der Waals surface area contributed by atoms with Gasteiger partial charge in [-0.2, -0.15) is 4.31 Å². The van der Waals surface area contributed by atoms with Crippen LogP contribution in [0.25, 0.3) is 0 Å². The Morgan fingerprint density at radius 1 is 1.47 bits per heavy atom. The van der Waals surface area contributed by atoms with Crippen molar-refractivity contribution in [3.05, 3.63) is 23.9 Å². The summed E-state index contributed by atoms with van der Waals surface area (Å²) < 4.78 is 24.4. The summed E-state index contributed by atoms with van der Waals surface area (Å²) in [5.74, 6) is 0.131. The maximum Gasteiger partial charge on any atom is 0.243 e. The molecule has 7 heteroatoms. The topological polar surface area (TPSA) is 79.4 Å². The second-order valence-corrected chi connectivity index (χ2v) is 6.62. The number of hydrogen-bond acceptors (Lipinski definition) is 4. The summed E-state index contributed by atoms with van der Waals surface area (Å²) in [5, 5.41) is 2.67. The smallest absolute Gasteiger partial charge is 0.243 e. The number of nitrogens with one attached hydrogen (secondary N) is 1. The number of carbonyl (C=O) groups excluding carboxylic acids is 1. The fourth-order valence-corrected chi connectivity index (χ4v) is 3.35. The van der Waals surface area contributed by atoms with Crippen LogP contribution in [0.3, 0.4) is 0 Å². The third-order valence-corrected chi connectivity index (χ3v) is 4.36. The number of nitrogens with zero attached hydrogens (tertiary/aromatic N) is 2. The first-order chi connectivity index (χ1) is 8.88. The third kappa shape index (κ3) is 3.30. The van der Waals surface area contributed by atoms with Crippen molar-refractivity contribution in [3.63, 3.8) is 0 Å². The minimum Gasteiger partial charge on any atom is -0.309 e. The summed E-state index contributed by atoms with van der Waals surface area (Å²) in [6.07, 6.45) is 2.38. The lowest BCUT2D eigenvalue weighted by molar-refractivity contribution is -0.119. The number of amides is 1. The molecule has 1 fully saturated rings. The van der Waals surface area contributed by atoms with Gasteiger partial charge in [-0.25, -0.2) is 13.4 Å². The van der Waals surface area contributed by atoms with Crippen LogP contribution in [-0.4, -0.2) is 42.5 Å². The molecule has 1 aromatic heterocycles. The minimum atomic E-state index is -3.35. The summed E-state index contributed by atoms with van der Waals surface area (Å²) in [6, 6.07) is 4.68. The van der Waals surface area contributed by atoms with E-state index in [0.717, 1.165) is 11.9 Å². The maximum absolute atomic E-state index is 12.1. The first-order valence-electron chi connectivity index (χ1n) is 6.09. The summed E-state index contributed by atoms with van der Waals surface area (Å²) in [5.41, 5.74) is 0.796. The highest BCUT2D eigenvalue weighted by Crippen LogP contribution is 2.21. The number of aromatic nitrogens is 1. The highest BCUT2D eigenvalue weighted by Gasteiger charge is 2.36. The van der Waals surface area contributed by atoms with Crippen LogP contribution in [-0.2, 0) is 14.8 Å². The number of rotatable bonds is 3. The monoisotopic (exact) mass is 283 g/mol. The van der Waals surface area contributed by atoms with E-state index in [1.54, 1.807) is 12.1 Å². The molecule has 0 spiro atoms. The van der Waals surface area contributed by atoms with E-state index >= 15 is 0 Å². The van der Waals surface area contributed by atoms with Crippen molar-refractivity contribution in [3.8, 4) is 0 Å². The second kappa shape index (κ2) is 5.26. The van der Waals surface area contributed by atoms with Crippen LogP contribution in [0.4, 0.5) is 5.82 Å². The zero-order valence-corrected chi connectivity index (χ0v) is 11.8. The Kier molecular flexibility index (Phi) is 3.86. The van der Waals surface area contributed by atoms with E-state index in [1.165, 1.54) is 4.31 Å². The molecule has 0 aromatic carbocycles. The molecule has 1 saturated heterocycles. The number of hydrogen-bond donors (Lipinski definition) is 1. The van der Waals surface area contributed by atoms with E-state index in [9.17, 15) is 13.2 Å². The summed E-state index contributed by atoms with van der Waals surface area (Å²) in [7, 11) is -3.35. The molecule has 0 radical (unpaired) electrons. The first-order valence-corrected chi connectivity index (χ1v) is 7.94. The molecule has 1 atom stereocenters. The SMILES string of the molecule is Cc1cccc(NC(=O)C2CCCN2S(C)(=O)=O)n1. The predicted molar refractivity (Wildman–Crippen MR) is 72.2 cm³/mol. The van der Waals surface area contributed by atoms with Gasteiger partial charge in [-0.05, 0) is 31.9 Å². The van der Waals surface area contributed by atoms with Crippen molar-refractivity contribution in [1.29, 1.82) is 0 Å². The van der Waals surface area contributed by atoms with Crippen LogP contribution in [0.5, 0.6) is 0 Å². The van der Waals surface area contributed by atoms with Gasteiger partial charge in [0.25, 0.3) is 0 Å². The van der Waals surface area contributed by atoms with Gasteiger partial charge in [0.1, 0.15) is 11.9 Å². The van der Waals surface area contributed by atoms with Gasteiger partial charge in [0, 0.05) is 12.2 Å². The minimum absolute atomic E-state index is 0.318. The van der Waals surface area contributed by atoms with E-state index in [2.05, 4.69) is 10.3 Å². The first kappa shape index (κ1) is 14.0. The molecule has 0 bridgehead atoms. The van der Waals surface area contributed by atoms with Crippen molar-refractivity contribution >= 4 is 21.7 Å². The van der Waals surface area contributed by atoms with Crippen LogP contribution in [0.2, 0.25) is 0 Å². The molecule has 1 N–H and O–H groups in total. The third-order valence-electron chi connectivity index (χ3n) is 3.07. The number of pyridine rings is 1. The molecule has 0 saturated carbocycles. The maximum atomic E-state index is 12.1. The van der Waals surface area contributed by atoms with E-state index in [-0.39, 0.29) is 5.91 Å². The van der Waals surface area contributed by atoms with E-state index in [1.807, 2.05) is 13.0 Å². The van der Waals surface area contributed by atoms with Crippen LogP contribution >= 0.6 is 0 Å². The Balaban J connectivity index is 2.12. The Hall–Kier alpha value is -1.47. The van der Waals surface area contributed by atoms with Crippen molar-refractivity contribution in [1.82, 2.24) is 9.29 Å². The van der Waals surface area contributed by atoms with Crippen LogP contribution in [0.1, 0.15) is 18.5 Å². The lowest BCUT2D eigenvalue weighted by atomic mass is 10.2. The highest BCUT2D eigenvalue weighted by atomic mass is 32.2. The number of anilines is 1. The Morgan fingerprint density at radius 3 is 2.84 bits per heavy atom. The molecule has 6 nitrogen and oxygen atoms in total. The zero-order chi connectivity index (χ0) is 14.0. The van der Waals surface area contributed by atoms with E-state index in [4.69, 9.17) is 0 Å². The molecule has 1 aliphatic rings. The van der Waals surface area contributed by atoms with Gasteiger partial charge in [0.15, 0.2) is 0 Å². The standard InChI is InChI=1S/C12H17N3O3S/c1-9-5-3-7-11(13-9)14-12(16)10-6-4-8-15(10)19(2,17)18/h3,5,7,10H,4,6,8H2,1-2H3,(H,13,14,16). The number of sulfonamides is 1. The van der Waals surface area contributed by atoms with Gasteiger partial charge >= 0.3 is 0 Å². The van der Waals surface area contributed by atoms with Crippen molar-refractivity contribution < 1.29 is 13.2 Å². The molecule has 1 unspecified atom stereocenters. The van der Waals surface area contributed by atoms with Crippen molar-refractivity contribution in [2.75, 3.05) is 18.1 Å². The fraction of sp³-hybridized carbons (Fsp3) is 0.500. The molecule has 19 heavy (non-hydrogen) atoms. The summed E-state index contributed by atoms with van der Waals surface area (Å²) in [4.78, 5) is 16.3. The average molecular weight is 283 g/mol. The molecule has 1 aliphatic heterocycles. The molecular formula is C12H17N3O3S. The van der Waals surface area contributed by atoms with E-state index < -0.39 is 16.1 Å². The molecule has 1 amide bonds. The summed E-state index contributed by atoms with van der Waals surface area (Å²) in [6.45, 7) is 2.23. The van der Waals surface area contributed by atoms with Gasteiger partial charge in [0.05, 0.1) is 6.26 Å². The van der Waals surface area contributed by atoms with Crippen LogP contribution in [0, 0.1) is 6.92 Å². The molecule has 2 heterocycles. The van der Waals surface area contributed by atoms with Crippen molar-refractivity contribution in [2.45, 2.75) is 25.8 Å². The molecule has 0 aliphatic carbocycles. The van der Waals surface area contributed by atoms with Crippen LogP contribution < -0.4 is 5.32 Å². The lowest BCUT2D eigenvalue weighted by Gasteiger charge is -2.21.